The number of carboxylic acid groups (broad SMARTS) is 1. The SMILES string of the molecule is CCNC(C)CC(=O)N(C)CCc1ccccc1C(=O)O. The number of hydrogen-bond acceptors (Lipinski definition) is 3. The molecule has 0 saturated heterocycles. The van der Waals surface area contributed by atoms with Crippen LogP contribution >= 0.6 is 0 Å². The second kappa shape index (κ2) is 8.42. The molecule has 0 aromatic heterocycles. The number of nitrogens with one attached hydrogen (secondary N) is 1. The van der Waals surface area contributed by atoms with E-state index < -0.39 is 5.97 Å². The summed E-state index contributed by atoms with van der Waals surface area (Å²) < 4.78 is 0. The number of likely N-dealkylation sites (N-methyl/N-ethyl adjacent to an activating group) is 1. The first-order valence-corrected chi connectivity index (χ1v) is 7.24. The standard InChI is InChI=1S/C16H24N2O3/c1-4-17-12(2)11-15(19)18(3)10-9-13-7-5-6-8-14(13)16(20)21/h5-8,12,17H,4,9-11H2,1-3H3,(H,20,21). The second-order valence-corrected chi connectivity index (χ2v) is 5.19. The summed E-state index contributed by atoms with van der Waals surface area (Å²) in [5.74, 6) is -0.864. The van der Waals surface area contributed by atoms with Gasteiger partial charge in [-0.05, 0) is 31.5 Å². The number of carbonyl (C=O) groups is 2. The van der Waals surface area contributed by atoms with E-state index in [0.29, 0.717) is 24.9 Å². The second-order valence-electron chi connectivity index (χ2n) is 5.19. The Labute approximate surface area is 126 Å². The van der Waals surface area contributed by atoms with E-state index in [9.17, 15) is 9.59 Å². The number of nitrogens with zero attached hydrogens (tertiary/aromatic N) is 1. The lowest BCUT2D eigenvalue weighted by Gasteiger charge is -2.20. The van der Waals surface area contributed by atoms with E-state index in [1.165, 1.54) is 0 Å². The van der Waals surface area contributed by atoms with Crippen molar-refractivity contribution < 1.29 is 14.7 Å². The Hall–Kier alpha value is -1.88. The van der Waals surface area contributed by atoms with E-state index in [1.54, 1.807) is 30.1 Å². The first-order valence-electron chi connectivity index (χ1n) is 7.24. The summed E-state index contributed by atoms with van der Waals surface area (Å²) in [5, 5.41) is 12.3. The summed E-state index contributed by atoms with van der Waals surface area (Å²) in [6.45, 7) is 5.34. The zero-order valence-electron chi connectivity index (χ0n) is 12.9. The lowest BCUT2D eigenvalue weighted by Crippen LogP contribution is -2.35. The van der Waals surface area contributed by atoms with Crippen LogP contribution in [0.4, 0.5) is 0 Å². The molecule has 0 saturated carbocycles. The lowest BCUT2D eigenvalue weighted by atomic mass is 10.0. The zero-order chi connectivity index (χ0) is 15.8. The fourth-order valence-corrected chi connectivity index (χ4v) is 2.20. The summed E-state index contributed by atoms with van der Waals surface area (Å²) >= 11 is 0. The van der Waals surface area contributed by atoms with Gasteiger partial charge >= 0.3 is 5.97 Å². The maximum Gasteiger partial charge on any atom is 0.335 e. The van der Waals surface area contributed by atoms with Gasteiger partial charge in [0.1, 0.15) is 0 Å². The van der Waals surface area contributed by atoms with Crippen molar-refractivity contribution in [3.63, 3.8) is 0 Å². The molecule has 116 valence electrons. The average Bonchev–Trinajstić information content (AvgIpc) is 2.45. The molecule has 1 rings (SSSR count). The molecule has 1 aromatic rings. The van der Waals surface area contributed by atoms with E-state index in [-0.39, 0.29) is 11.9 Å². The highest BCUT2D eigenvalue weighted by Gasteiger charge is 2.14. The fraction of sp³-hybridized carbons (Fsp3) is 0.500. The fourth-order valence-electron chi connectivity index (χ4n) is 2.20. The van der Waals surface area contributed by atoms with Gasteiger partial charge in [0, 0.05) is 26.1 Å². The Morgan fingerprint density at radius 1 is 1.33 bits per heavy atom. The predicted molar refractivity (Wildman–Crippen MR) is 82.5 cm³/mol. The number of rotatable bonds is 8. The molecule has 0 heterocycles. The van der Waals surface area contributed by atoms with Crippen LogP contribution in [0.1, 0.15) is 36.2 Å². The van der Waals surface area contributed by atoms with Crippen molar-refractivity contribution >= 4 is 11.9 Å². The van der Waals surface area contributed by atoms with Crippen LogP contribution < -0.4 is 5.32 Å². The van der Waals surface area contributed by atoms with Crippen molar-refractivity contribution in [3.05, 3.63) is 35.4 Å². The van der Waals surface area contributed by atoms with E-state index in [0.717, 1.165) is 12.1 Å². The molecular formula is C16H24N2O3. The lowest BCUT2D eigenvalue weighted by molar-refractivity contribution is -0.130. The summed E-state index contributed by atoms with van der Waals surface area (Å²) in [4.78, 5) is 24.8. The molecule has 0 bridgehead atoms. The molecule has 1 unspecified atom stereocenters. The van der Waals surface area contributed by atoms with Crippen LogP contribution in [0, 0.1) is 0 Å². The van der Waals surface area contributed by atoms with Gasteiger partial charge in [0.05, 0.1) is 5.56 Å². The number of carboxylic acids is 1. The van der Waals surface area contributed by atoms with Crippen LogP contribution in [-0.4, -0.2) is 48.1 Å². The van der Waals surface area contributed by atoms with Gasteiger partial charge in [0.15, 0.2) is 0 Å². The van der Waals surface area contributed by atoms with Crippen LogP contribution in [0.5, 0.6) is 0 Å². The van der Waals surface area contributed by atoms with Crippen molar-refractivity contribution in [1.29, 1.82) is 0 Å². The minimum absolute atomic E-state index is 0.0660. The Morgan fingerprint density at radius 2 is 2.00 bits per heavy atom. The molecule has 0 aliphatic carbocycles. The molecule has 1 atom stereocenters. The number of benzene rings is 1. The van der Waals surface area contributed by atoms with Gasteiger partial charge in [-0.3, -0.25) is 4.79 Å². The third-order valence-corrected chi connectivity index (χ3v) is 3.42. The Bertz CT molecular complexity index is 488. The average molecular weight is 292 g/mol. The van der Waals surface area contributed by atoms with Gasteiger partial charge in [-0.25, -0.2) is 4.79 Å². The van der Waals surface area contributed by atoms with Crippen molar-refractivity contribution in [2.24, 2.45) is 0 Å². The smallest absolute Gasteiger partial charge is 0.335 e. The molecule has 0 aliphatic rings. The maximum absolute atomic E-state index is 12.0. The summed E-state index contributed by atoms with van der Waals surface area (Å²) in [5.41, 5.74) is 1.06. The van der Waals surface area contributed by atoms with Gasteiger partial charge in [-0.1, -0.05) is 25.1 Å². The van der Waals surface area contributed by atoms with E-state index in [4.69, 9.17) is 5.11 Å². The number of amides is 1. The van der Waals surface area contributed by atoms with Crippen LogP contribution in [0.3, 0.4) is 0 Å². The topological polar surface area (TPSA) is 69.6 Å². The van der Waals surface area contributed by atoms with Crippen LogP contribution in [0.2, 0.25) is 0 Å². The van der Waals surface area contributed by atoms with Crippen molar-refractivity contribution in [1.82, 2.24) is 10.2 Å². The molecule has 2 N–H and O–H groups in total. The molecule has 1 aromatic carbocycles. The molecule has 5 nitrogen and oxygen atoms in total. The van der Waals surface area contributed by atoms with E-state index in [1.807, 2.05) is 19.9 Å². The molecule has 0 fully saturated rings. The van der Waals surface area contributed by atoms with Gasteiger partial charge in [0.25, 0.3) is 0 Å². The Balaban J connectivity index is 2.55. The monoisotopic (exact) mass is 292 g/mol. The van der Waals surface area contributed by atoms with E-state index in [2.05, 4.69) is 5.32 Å². The first-order chi connectivity index (χ1) is 9.95. The maximum atomic E-state index is 12.0. The Morgan fingerprint density at radius 3 is 2.62 bits per heavy atom. The van der Waals surface area contributed by atoms with Gasteiger partial charge < -0.3 is 15.3 Å². The number of hydrogen-bond donors (Lipinski definition) is 2. The minimum Gasteiger partial charge on any atom is -0.478 e. The quantitative estimate of drug-likeness (QED) is 0.766. The predicted octanol–water partition coefficient (Wildman–Crippen LogP) is 1.77. The normalized spacial score (nSPS) is 12.0. The van der Waals surface area contributed by atoms with Gasteiger partial charge in [-0.2, -0.15) is 0 Å². The summed E-state index contributed by atoms with van der Waals surface area (Å²) in [6.07, 6.45) is 0.991. The highest BCUT2D eigenvalue weighted by molar-refractivity contribution is 5.89. The molecule has 0 spiro atoms. The Kier molecular flexibility index (Phi) is 6.88. The molecule has 21 heavy (non-hydrogen) atoms. The molecule has 0 radical (unpaired) electrons. The summed E-state index contributed by atoms with van der Waals surface area (Å²) in [7, 11) is 1.75. The third-order valence-electron chi connectivity index (χ3n) is 3.42. The highest BCUT2D eigenvalue weighted by atomic mass is 16.4. The highest BCUT2D eigenvalue weighted by Crippen LogP contribution is 2.10. The van der Waals surface area contributed by atoms with Crippen LogP contribution in [0.25, 0.3) is 0 Å². The molecular weight excluding hydrogens is 268 g/mol. The molecule has 0 aliphatic heterocycles. The van der Waals surface area contributed by atoms with Crippen LogP contribution in [0.15, 0.2) is 24.3 Å². The van der Waals surface area contributed by atoms with Gasteiger partial charge in [-0.15, -0.1) is 0 Å². The summed E-state index contributed by atoms with van der Waals surface area (Å²) in [6, 6.07) is 7.06. The minimum atomic E-state index is -0.930. The zero-order valence-corrected chi connectivity index (χ0v) is 12.9. The van der Waals surface area contributed by atoms with Crippen molar-refractivity contribution in [3.8, 4) is 0 Å². The number of aromatic carboxylic acids is 1. The van der Waals surface area contributed by atoms with Crippen molar-refractivity contribution in [2.45, 2.75) is 32.7 Å². The van der Waals surface area contributed by atoms with Crippen molar-refractivity contribution in [2.75, 3.05) is 20.1 Å². The third kappa shape index (κ3) is 5.55. The first kappa shape index (κ1) is 17.2. The van der Waals surface area contributed by atoms with Gasteiger partial charge in [0.2, 0.25) is 5.91 Å². The van der Waals surface area contributed by atoms with Crippen LogP contribution in [-0.2, 0) is 11.2 Å². The molecule has 5 heteroatoms. The number of carbonyl (C=O) groups excluding carboxylic acids is 1. The molecule has 1 amide bonds. The largest absolute Gasteiger partial charge is 0.478 e. The van der Waals surface area contributed by atoms with E-state index >= 15 is 0 Å².